The van der Waals surface area contributed by atoms with Crippen LogP contribution in [0.2, 0.25) is 0 Å². The highest BCUT2D eigenvalue weighted by Gasteiger charge is 2.31. The summed E-state index contributed by atoms with van der Waals surface area (Å²) < 4.78 is 12.2. The van der Waals surface area contributed by atoms with E-state index in [1.165, 1.54) is 6.42 Å². The maximum atomic E-state index is 12.2. The van der Waals surface area contributed by atoms with E-state index in [9.17, 15) is 4.21 Å². The molecule has 0 heterocycles. The second-order valence-electron chi connectivity index (χ2n) is 4.97. The zero-order valence-corrected chi connectivity index (χ0v) is 11.3. The fourth-order valence-electron chi connectivity index (χ4n) is 2.20. The summed E-state index contributed by atoms with van der Waals surface area (Å²) in [6.07, 6.45) is 3.45. The number of rotatable bonds is 5. The number of nitrogens with one attached hydrogen (secondary N) is 1. The van der Waals surface area contributed by atoms with Crippen molar-refractivity contribution in [3.05, 3.63) is 0 Å². The van der Waals surface area contributed by atoms with Gasteiger partial charge in [0.1, 0.15) is 0 Å². The van der Waals surface area contributed by atoms with Gasteiger partial charge in [-0.15, -0.1) is 0 Å². The van der Waals surface area contributed by atoms with Crippen molar-refractivity contribution in [2.75, 3.05) is 6.54 Å². The molecular formula is C12H25NOS. The van der Waals surface area contributed by atoms with Crippen molar-refractivity contribution in [1.82, 2.24) is 5.32 Å². The number of hydrogen-bond acceptors (Lipinski definition) is 2. The summed E-state index contributed by atoms with van der Waals surface area (Å²) in [5, 5.41) is 4.24. The molecule has 0 aromatic carbocycles. The van der Waals surface area contributed by atoms with Crippen LogP contribution < -0.4 is 5.32 Å². The van der Waals surface area contributed by atoms with E-state index in [1.807, 2.05) is 0 Å². The van der Waals surface area contributed by atoms with Crippen LogP contribution in [0.4, 0.5) is 0 Å². The summed E-state index contributed by atoms with van der Waals surface area (Å²) in [5.41, 5.74) is 0. The summed E-state index contributed by atoms with van der Waals surface area (Å²) in [6, 6.07) is 0.614. The highest BCUT2D eigenvalue weighted by atomic mass is 32.2. The number of hydrogen-bond donors (Lipinski definition) is 1. The first-order chi connectivity index (χ1) is 7.06. The average molecular weight is 231 g/mol. The molecule has 1 fully saturated rings. The molecule has 15 heavy (non-hydrogen) atoms. The van der Waals surface area contributed by atoms with Crippen molar-refractivity contribution in [2.45, 2.75) is 63.5 Å². The molecule has 0 saturated heterocycles. The summed E-state index contributed by atoms with van der Waals surface area (Å²) >= 11 is 0. The Balaban J connectivity index is 2.43. The Bertz CT molecular complexity index is 218. The van der Waals surface area contributed by atoms with Gasteiger partial charge in [-0.3, -0.25) is 4.21 Å². The fourth-order valence-corrected chi connectivity index (χ4v) is 4.13. The Kier molecular flexibility index (Phi) is 5.27. The third-order valence-corrected chi connectivity index (χ3v) is 5.87. The van der Waals surface area contributed by atoms with Gasteiger partial charge in [-0.25, -0.2) is 0 Å². The SMILES string of the molecule is CCNC1CCC(S(=O)C(C)C(C)C)C1. The van der Waals surface area contributed by atoms with Crippen molar-refractivity contribution in [3.8, 4) is 0 Å². The second-order valence-corrected chi connectivity index (χ2v) is 7.03. The van der Waals surface area contributed by atoms with Crippen LogP contribution in [0.3, 0.4) is 0 Å². The van der Waals surface area contributed by atoms with E-state index in [0.717, 1.165) is 19.4 Å². The Morgan fingerprint density at radius 2 is 2.00 bits per heavy atom. The van der Waals surface area contributed by atoms with Gasteiger partial charge in [0.05, 0.1) is 0 Å². The van der Waals surface area contributed by atoms with Gasteiger partial charge in [-0.1, -0.05) is 27.7 Å². The second kappa shape index (κ2) is 6.00. The first kappa shape index (κ1) is 13.2. The Hall–Kier alpha value is 0.110. The molecule has 0 aliphatic heterocycles. The van der Waals surface area contributed by atoms with E-state index in [0.29, 0.717) is 22.5 Å². The summed E-state index contributed by atoms with van der Waals surface area (Å²) in [5.74, 6) is 0.531. The van der Waals surface area contributed by atoms with Gasteiger partial charge in [0.2, 0.25) is 0 Å². The van der Waals surface area contributed by atoms with Crippen LogP contribution in [0.1, 0.15) is 47.0 Å². The largest absolute Gasteiger partial charge is 0.314 e. The maximum absolute atomic E-state index is 12.2. The molecule has 3 heteroatoms. The standard InChI is InChI=1S/C12H25NOS/c1-5-13-11-6-7-12(8-11)15(14)10(4)9(2)3/h9-13H,5-8H2,1-4H3. The molecule has 0 spiro atoms. The minimum Gasteiger partial charge on any atom is -0.314 e. The average Bonchev–Trinajstić information content (AvgIpc) is 2.64. The Labute approximate surface area is 96.7 Å². The molecule has 90 valence electrons. The van der Waals surface area contributed by atoms with E-state index in [-0.39, 0.29) is 0 Å². The lowest BCUT2D eigenvalue weighted by molar-refractivity contribution is 0.540. The highest BCUT2D eigenvalue weighted by molar-refractivity contribution is 7.86. The van der Waals surface area contributed by atoms with Gasteiger partial charge in [0.15, 0.2) is 0 Å². The lowest BCUT2D eigenvalue weighted by atomic mass is 10.2. The van der Waals surface area contributed by atoms with E-state index >= 15 is 0 Å². The Morgan fingerprint density at radius 3 is 2.53 bits per heavy atom. The van der Waals surface area contributed by atoms with Crippen molar-refractivity contribution < 1.29 is 4.21 Å². The van der Waals surface area contributed by atoms with Crippen molar-refractivity contribution in [1.29, 1.82) is 0 Å². The van der Waals surface area contributed by atoms with Gasteiger partial charge in [0, 0.05) is 27.3 Å². The van der Waals surface area contributed by atoms with Gasteiger partial charge >= 0.3 is 0 Å². The van der Waals surface area contributed by atoms with Crippen molar-refractivity contribution in [2.24, 2.45) is 5.92 Å². The quantitative estimate of drug-likeness (QED) is 0.787. The highest BCUT2D eigenvalue weighted by Crippen LogP contribution is 2.27. The molecule has 1 aliphatic carbocycles. The van der Waals surface area contributed by atoms with E-state index in [1.54, 1.807) is 0 Å². The van der Waals surface area contributed by atoms with E-state index in [4.69, 9.17) is 0 Å². The molecule has 4 unspecified atom stereocenters. The minimum atomic E-state index is -0.634. The third-order valence-electron chi connectivity index (χ3n) is 3.51. The van der Waals surface area contributed by atoms with Crippen LogP contribution in [-0.2, 0) is 10.8 Å². The predicted octanol–water partition coefficient (Wildman–Crippen LogP) is 2.31. The lowest BCUT2D eigenvalue weighted by Gasteiger charge is -2.20. The topological polar surface area (TPSA) is 29.1 Å². The molecule has 0 amide bonds. The first-order valence-electron chi connectivity index (χ1n) is 6.19. The van der Waals surface area contributed by atoms with E-state index in [2.05, 4.69) is 33.0 Å². The molecule has 0 bridgehead atoms. The van der Waals surface area contributed by atoms with Crippen molar-refractivity contribution >= 4 is 10.8 Å². The zero-order chi connectivity index (χ0) is 11.4. The normalized spacial score (nSPS) is 30.7. The summed E-state index contributed by atoms with van der Waals surface area (Å²) in [6.45, 7) is 9.63. The zero-order valence-electron chi connectivity index (χ0n) is 10.5. The molecular weight excluding hydrogens is 206 g/mol. The smallest absolute Gasteiger partial charge is 0.0366 e. The molecule has 1 saturated carbocycles. The molecule has 1 aliphatic rings. The summed E-state index contributed by atoms with van der Waals surface area (Å²) in [4.78, 5) is 0. The van der Waals surface area contributed by atoms with Crippen LogP contribution in [0.25, 0.3) is 0 Å². The lowest BCUT2D eigenvalue weighted by Crippen LogP contribution is -2.30. The summed E-state index contributed by atoms with van der Waals surface area (Å²) in [7, 11) is -0.634. The van der Waals surface area contributed by atoms with Gasteiger partial charge in [-0.05, 0) is 31.7 Å². The molecule has 2 nitrogen and oxygen atoms in total. The minimum absolute atomic E-state index is 0.343. The molecule has 0 aromatic rings. The van der Waals surface area contributed by atoms with Crippen LogP contribution in [0, 0.1) is 5.92 Å². The molecule has 1 rings (SSSR count). The predicted molar refractivity (Wildman–Crippen MR) is 67.5 cm³/mol. The van der Waals surface area contributed by atoms with Crippen molar-refractivity contribution in [3.63, 3.8) is 0 Å². The van der Waals surface area contributed by atoms with Crippen LogP contribution in [-0.4, -0.2) is 27.3 Å². The maximum Gasteiger partial charge on any atom is 0.0366 e. The monoisotopic (exact) mass is 231 g/mol. The van der Waals surface area contributed by atoms with Crippen LogP contribution in [0.15, 0.2) is 0 Å². The van der Waals surface area contributed by atoms with Gasteiger partial charge < -0.3 is 5.32 Å². The van der Waals surface area contributed by atoms with Gasteiger partial charge in [0.25, 0.3) is 0 Å². The van der Waals surface area contributed by atoms with E-state index < -0.39 is 10.8 Å². The molecule has 0 radical (unpaired) electrons. The molecule has 1 N–H and O–H groups in total. The van der Waals surface area contributed by atoms with Crippen LogP contribution in [0.5, 0.6) is 0 Å². The van der Waals surface area contributed by atoms with Crippen LogP contribution >= 0.6 is 0 Å². The van der Waals surface area contributed by atoms with Gasteiger partial charge in [-0.2, -0.15) is 0 Å². The molecule has 4 atom stereocenters. The Morgan fingerprint density at radius 1 is 1.33 bits per heavy atom. The fraction of sp³-hybridized carbons (Fsp3) is 1.00. The molecule has 0 aromatic heterocycles. The third kappa shape index (κ3) is 3.56. The first-order valence-corrected chi connectivity index (χ1v) is 7.46.